The molecule has 4 heteroatoms. The molecule has 1 rings (SSSR count). The summed E-state index contributed by atoms with van der Waals surface area (Å²) in [6.07, 6.45) is 5.81. The molecule has 1 aliphatic heterocycles. The highest BCUT2D eigenvalue weighted by molar-refractivity contribution is 4.66. The lowest BCUT2D eigenvalue weighted by molar-refractivity contribution is 0.0348. The molecule has 0 amide bonds. The monoisotopic (exact) mass is 286 g/mol. The molecule has 1 atom stereocenters. The van der Waals surface area contributed by atoms with Gasteiger partial charge in [-0.1, -0.05) is 13.8 Å². The molecule has 1 fully saturated rings. The number of nitrogens with zero attached hydrogens (tertiary/aromatic N) is 1. The molecule has 0 spiro atoms. The first-order valence-corrected chi connectivity index (χ1v) is 8.37. The van der Waals surface area contributed by atoms with E-state index in [4.69, 9.17) is 4.74 Å². The van der Waals surface area contributed by atoms with Gasteiger partial charge in [0.25, 0.3) is 0 Å². The summed E-state index contributed by atoms with van der Waals surface area (Å²) >= 11 is 0. The van der Waals surface area contributed by atoms with E-state index in [1.807, 2.05) is 0 Å². The van der Waals surface area contributed by atoms with Crippen LogP contribution in [-0.4, -0.2) is 62.0 Å². The van der Waals surface area contributed by atoms with Crippen molar-refractivity contribution in [1.82, 2.24) is 10.2 Å². The molecule has 0 aromatic rings. The predicted molar refractivity (Wildman–Crippen MR) is 84.1 cm³/mol. The molecule has 0 aromatic carbocycles. The highest BCUT2D eigenvalue weighted by Crippen LogP contribution is 2.06. The number of nitrogens with one attached hydrogen (secondary N) is 1. The first kappa shape index (κ1) is 17.9. The van der Waals surface area contributed by atoms with Crippen LogP contribution in [0.15, 0.2) is 0 Å². The lowest BCUT2D eigenvalue weighted by Gasteiger charge is -2.15. The smallest absolute Gasteiger partial charge is 0.0897 e. The van der Waals surface area contributed by atoms with Crippen molar-refractivity contribution in [2.45, 2.75) is 52.1 Å². The largest absolute Gasteiger partial charge is 0.389 e. The molecule has 1 unspecified atom stereocenters. The van der Waals surface area contributed by atoms with Crippen molar-refractivity contribution in [2.24, 2.45) is 5.92 Å². The van der Waals surface area contributed by atoms with Crippen LogP contribution < -0.4 is 5.32 Å². The quantitative estimate of drug-likeness (QED) is 0.538. The summed E-state index contributed by atoms with van der Waals surface area (Å²) in [6, 6.07) is 0. The summed E-state index contributed by atoms with van der Waals surface area (Å²) < 4.78 is 5.49. The van der Waals surface area contributed by atoms with Gasteiger partial charge < -0.3 is 20.1 Å². The molecule has 0 radical (unpaired) electrons. The van der Waals surface area contributed by atoms with E-state index < -0.39 is 0 Å². The Kier molecular flexibility index (Phi) is 10.3. The molecule has 0 aromatic heterocycles. The fraction of sp³-hybridized carbons (Fsp3) is 1.00. The van der Waals surface area contributed by atoms with Gasteiger partial charge in [-0.05, 0) is 64.2 Å². The van der Waals surface area contributed by atoms with Gasteiger partial charge in [0.15, 0.2) is 0 Å². The Morgan fingerprint density at radius 3 is 2.65 bits per heavy atom. The van der Waals surface area contributed by atoms with Crippen molar-refractivity contribution in [3.63, 3.8) is 0 Å². The second kappa shape index (κ2) is 11.5. The van der Waals surface area contributed by atoms with Crippen LogP contribution in [0.1, 0.15) is 46.0 Å². The van der Waals surface area contributed by atoms with Crippen LogP contribution in [-0.2, 0) is 4.74 Å². The van der Waals surface area contributed by atoms with E-state index in [-0.39, 0.29) is 6.10 Å². The molecule has 1 aliphatic rings. The Morgan fingerprint density at radius 2 is 1.95 bits per heavy atom. The maximum atomic E-state index is 9.77. The van der Waals surface area contributed by atoms with Crippen LogP contribution in [0, 0.1) is 5.92 Å². The fourth-order valence-electron chi connectivity index (χ4n) is 2.57. The van der Waals surface area contributed by atoms with Crippen LogP contribution in [0.4, 0.5) is 0 Å². The lowest BCUT2D eigenvalue weighted by Crippen LogP contribution is -2.32. The van der Waals surface area contributed by atoms with Crippen molar-refractivity contribution in [2.75, 3.05) is 45.9 Å². The van der Waals surface area contributed by atoms with Crippen LogP contribution in [0.25, 0.3) is 0 Å². The van der Waals surface area contributed by atoms with Crippen molar-refractivity contribution >= 4 is 0 Å². The molecule has 0 aliphatic carbocycles. The van der Waals surface area contributed by atoms with Crippen LogP contribution in [0.3, 0.4) is 0 Å². The average Bonchev–Trinajstić information content (AvgIpc) is 2.90. The summed E-state index contributed by atoms with van der Waals surface area (Å²) in [4.78, 5) is 2.52. The number of hydrogen-bond donors (Lipinski definition) is 2. The first-order chi connectivity index (χ1) is 9.68. The van der Waals surface area contributed by atoms with Gasteiger partial charge in [-0.3, -0.25) is 0 Å². The molecule has 0 saturated carbocycles. The molecule has 0 bridgehead atoms. The highest BCUT2D eigenvalue weighted by atomic mass is 16.5. The third kappa shape index (κ3) is 9.70. The number of ether oxygens (including phenoxy) is 1. The summed E-state index contributed by atoms with van der Waals surface area (Å²) in [5, 5.41) is 13.1. The molecule has 20 heavy (non-hydrogen) atoms. The Labute approximate surface area is 124 Å². The van der Waals surface area contributed by atoms with Crippen LogP contribution in [0.5, 0.6) is 0 Å². The summed E-state index contributed by atoms with van der Waals surface area (Å²) in [7, 11) is 0. The zero-order valence-electron chi connectivity index (χ0n) is 13.4. The van der Waals surface area contributed by atoms with Gasteiger partial charge in [0.1, 0.15) is 0 Å². The highest BCUT2D eigenvalue weighted by Gasteiger charge is 2.10. The molecular formula is C16H34N2O2. The average molecular weight is 286 g/mol. The van der Waals surface area contributed by atoms with Gasteiger partial charge in [-0.15, -0.1) is 0 Å². The minimum Gasteiger partial charge on any atom is -0.389 e. The molecule has 120 valence electrons. The maximum Gasteiger partial charge on any atom is 0.0897 e. The van der Waals surface area contributed by atoms with Gasteiger partial charge in [0.2, 0.25) is 0 Å². The van der Waals surface area contributed by atoms with E-state index in [0.29, 0.717) is 13.2 Å². The van der Waals surface area contributed by atoms with E-state index in [0.717, 1.165) is 25.5 Å². The van der Waals surface area contributed by atoms with Crippen LogP contribution >= 0.6 is 0 Å². The molecular weight excluding hydrogens is 252 g/mol. The molecule has 1 heterocycles. The normalized spacial score (nSPS) is 18.0. The van der Waals surface area contributed by atoms with Gasteiger partial charge in [0, 0.05) is 13.2 Å². The van der Waals surface area contributed by atoms with E-state index in [1.54, 1.807) is 0 Å². The maximum absolute atomic E-state index is 9.77. The minimum atomic E-state index is -0.374. The van der Waals surface area contributed by atoms with Crippen molar-refractivity contribution in [3.8, 4) is 0 Å². The first-order valence-electron chi connectivity index (χ1n) is 8.37. The Balaban J connectivity index is 1.81. The van der Waals surface area contributed by atoms with Crippen molar-refractivity contribution < 1.29 is 9.84 Å². The SMILES string of the molecule is CC(C)CCCOCC(O)CNCCCN1CCCC1. The second-order valence-corrected chi connectivity index (χ2v) is 6.37. The molecule has 1 saturated heterocycles. The number of aliphatic hydroxyl groups excluding tert-OH is 1. The van der Waals surface area contributed by atoms with Gasteiger partial charge in [-0.2, -0.15) is 0 Å². The predicted octanol–water partition coefficient (Wildman–Crippen LogP) is 1.88. The molecule has 4 nitrogen and oxygen atoms in total. The minimum absolute atomic E-state index is 0.374. The zero-order valence-corrected chi connectivity index (χ0v) is 13.4. The third-order valence-corrected chi connectivity index (χ3v) is 3.79. The van der Waals surface area contributed by atoms with E-state index in [2.05, 4.69) is 24.1 Å². The topological polar surface area (TPSA) is 44.7 Å². The number of likely N-dealkylation sites (tertiary alicyclic amines) is 1. The van der Waals surface area contributed by atoms with Crippen LogP contribution in [0.2, 0.25) is 0 Å². The summed E-state index contributed by atoms with van der Waals surface area (Å²) in [6.45, 7) is 11.0. The number of hydrogen-bond acceptors (Lipinski definition) is 4. The summed E-state index contributed by atoms with van der Waals surface area (Å²) in [5.41, 5.74) is 0. The Bertz CT molecular complexity index is 219. The summed E-state index contributed by atoms with van der Waals surface area (Å²) in [5.74, 6) is 0.737. The fourth-order valence-corrected chi connectivity index (χ4v) is 2.57. The van der Waals surface area contributed by atoms with Crippen molar-refractivity contribution in [3.05, 3.63) is 0 Å². The number of aliphatic hydroxyl groups is 1. The van der Waals surface area contributed by atoms with Crippen molar-refractivity contribution in [1.29, 1.82) is 0 Å². The molecule has 2 N–H and O–H groups in total. The zero-order chi connectivity index (χ0) is 14.6. The van der Waals surface area contributed by atoms with Gasteiger partial charge in [-0.25, -0.2) is 0 Å². The van der Waals surface area contributed by atoms with Gasteiger partial charge >= 0.3 is 0 Å². The van der Waals surface area contributed by atoms with E-state index >= 15 is 0 Å². The van der Waals surface area contributed by atoms with E-state index in [9.17, 15) is 5.11 Å². The van der Waals surface area contributed by atoms with E-state index in [1.165, 1.54) is 45.3 Å². The lowest BCUT2D eigenvalue weighted by atomic mass is 10.1. The van der Waals surface area contributed by atoms with Gasteiger partial charge in [0.05, 0.1) is 12.7 Å². The second-order valence-electron chi connectivity index (χ2n) is 6.37. The Morgan fingerprint density at radius 1 is 1.20 bits per heavy atom. The Hall–Kier alpha value is -0.160. The standard InChI is InChI=1S/C16H34N2O2/c1-15(2)7-5-12-20-14-16(19)13-17-8-6-11-18-9-3-4-10-18/h15-17,19H,3-14H2,1-2H3. The number of rotatable bonds is 12. The third-order valence-electron chi connectivity index (χ3n) is 3.79.